The summed E-state index contributed by atoms with van der Waals surface area (Å²) >= 11 is 0. The van der Waals surface area contributed by atoms with E-state index in [0.717, 1.165) is 18.4 Å². The van der Waals surface area contributed by atoms with Gasteiger partial charge in [-0.1, -0.05) is 12.1 Å². The summed E-state index contributed by atoms with van der Waals surface area (Å²) in [6, 6.07) is 8.11. The van der Waals surface area contributed by atoms with E-state index in [1.807, 2.05) is 0 Å². The molecule has 2 bridgehead atoms. The zero-order valence-corrected chi connectivity index (χ0v) is 20.7. The first-order valence-corrected chi connectivity index (χ1v) is 12.6. The number of rotatable bonds is 5. The van der Waals surface area contributed by atoms with Gasteiger partial charge in [-0.2, -0.15) is 5.10 Å². The molecule has 11 heteroatoms. The molecule has 3 N–H and O–H groups in total. The third-order valence-corrected chi connectivity index (χ3v) is 7.60. The van der Waals surface area contributed by atoms with Gasteiger partial charge >= 0.3 is 0 Å². The van der Waals surface area contributed by atoms with Crippen molar-refractivity contribution in [2.45, 2.75) is 51.1 Å². The van der Waals surface area contributed by atoms with Gasteiger partial charge in [0.15, 0.2) is 17.2 Å². The molecule has 2 aliphatic heterocycles. The lowest BCUT2D eigenvalue weighted by molar-refractivity contribution is 0.0844. The molecule has 0 unspecified atom stereocenters. The predicted octanol–water partition coefficient (Wildman–Crippen LogP) is 3.00. The Balaban J connectivity index is 1.39. The number of aryl methyl sites for hydroxylation is 1. The summed E-state index contributed by atoms with van der Waals surface area (Å²) in [6.07, 6.45) is 6.38. The van der Waals surface area contributed by atoms with E-state index < -0.39 is 22.8 Å². The van der Waals surface area contributed by atoms with Crippen molar-refractivity contribution in [1.82, 2.24) is 35.0 Å². The number of benzene rings is 1. The standard InChI is InChI=1S/C27H26FN7O3/c1-15-11-17(4-5-19(15)28)12-18-13-29-23(31-18)21-22(36)25(38)35-14-16-6-8-27(9-7-16,26(35)32-21)33-24(37)20-3-2-10-30-34-20/h2-5,10-11,13,16,36H,6-9,12,14H2,1H3,(H,29,31)(H,33,37). The van der Waals surface area contributed by atoms with Crippen LogP contribution in [-0.4, -0.2) is 40.7 Å². The maximum absolute atomic E-state index is 13.7. The van der Waals surface area contributed by atoms with E-state index in [1.165, 1.54) is 16.8 Å². The monoisotopic (exact) mass is 515 g/mol. The molecule has 1 aliphatic carbocycles. The highest BCUT2D eigenvalue weighted by molar-refractivity contribution is 5.92. The van der Waals surface area contributed by atoms with Crippen molar-refractivity contribution in [3.63, 3.8) is 0 Å². The number of carbonyl (C=O) groups excluding carboxylic acids is 1. The molecule has 38 heavy (non-hydrogen) atoms. The molecule has 0 atom stereocenters. The summed E-state index contributed by atoms with van der Waals surface area (Å²) in [5.74, 6) is -0.275. The van der Waals surface area contributed by atoms with Crippen molar-refractivity contribution in [2.75, 3.05) is 0 Å². The first-order valence-electron chi connectivity index (χ1n) is 12.6. The van der Waals surface area contributed by atoms with Gasteiger partial charge in [0.2, 0.25) is 5.75 Å². The third-order valence-electron chi connectivity index (χ3n) is 7.60. The largest absolute Gasteiger partial charge is 0.501 e. The molecule has 1 amide bonds. The fourth-order valence-electron chi connectivity index (χ4n) is 5.57. The Morgan fingerprint density at radius 2 is 2.11 bits per heavy atom. The lowest BCUT2D eigenvalue weighted by Gasteiger charge is -2.37. The number of fused-ring (bicyclic) bond motifs is 2. The molecule has 7 rings (SSSR count). The van der Waals surface area contributed by atoms with Gasteiger partial charge < -0.3 is 15.4 Å². The molecule has 0 spiro atoms. The third kappa shape index (κ3) is 4.13. The number of halogens is 1. The van der Waals surface area contributed by atoms with Gasteiger partial charge in [0.05, 0.1) is 5.54 Å². The Morgan fingerprint density at radius 3 is 2.84 bits per heavy atom. The van der Waals surface area contributed by atoms with Crippen molar-refractivity contribution >= 4 is 5.91 Å². The number of nitrogens with one attached hydrogen (secondary N) is 2. The fraction of sp³-hybridized carbons (Fsp3) is 0.333. The SMILES string of the molecule is Cc1cc(Cc2cnc(-c3nc4n(c(=O)c3O)CC3CCC4(NC(=O)c4cccnn4)CC3)[nH]2)ccc1F. The average molecular weight is 516 g/mol. The van der Waals surface area contributed by atoms with Gasteiger partial charge in [-0.3, -0.25) is 14.2 Å². The van der Waals surface area contributed by atoms with Crippen LogP contribution in [0.4, 0.5) is 4.39 Å². The number of aromatic amines is 1. The van der Waals surface area contributed by atoms with E-state index in [4.69, 9.17) is 4.98 Å². The molecule has 10 nitrogen and oxygen atoms in total. The summed E-state index contributed by atoms with van der Waals surface area (Å²) < 4.78 is 15.2. The van der Waals surface area contributed by atoms with E-state index >= 15 is 0 Å². The van der Waals surface area contributed by atoms with Gasteiger partial charge in [-0.15, -0.1) is 5.10 Å². The number of nitrogens with zero attached hydrogens (tertiary/aromatic N) is 5. The van der Waals surface area contributed by atoms with Crippen LogP contribution in [0.25, 0.3) is 11.5 Å². The van der Waals surface area contributed by atoms with Crippen molar-refractivity contribution in [3.05, 3.63) is 87.2 Å². The number of carbonyl (C=O) groups is 1. The second-order valence-corrected chi connectivity index (χ2v) is 10.2. The maximum Gasteiger partial charge on any atom is 0.296 e. The van der Waals surface area contributed by atoms with Crippen molar-refractivity contribution < 1.29 is 14.3 Å². The van der Waals surface area contributed by atoms with E-state index in [9.17, 15) is 19.1 Å². The average Bonchev–Trinajstić information content (AvgIpc) is 3.26. The van der Waals surface area contributed by atoms with Gasteiger partial charge in [0.1, 0.15) is 11.6 Å². The molecule has 0 saturated heterocycles. The summed E-state index contributed by atoms with van der Waals surface area (Å²) in [4.78, 5) is 38.8. The second kappa shape index (κ2) is 9.16. The van der Waals surface area contributed by atoms with Gasteiger partial charge in [0.25, 0.3) is 11.5 Å². The smallest absolute Gasteiger partial charge is 0.296 e. The zero-order chi connectivity index (χ0) is 26.4. The maximum atomic E-state index is 13.7. The van der Waals surface area contributed by atoms with E-state index in [2.05, 4.69) is 25.5 Å². The highest BCUT2D eigenvalue weighted by atomic mass is 19.1. The van der Waals surface area contributed by atoms with Crippen LogP contribution < -0.4 is 10.9 Å². The molecule has 5 heterocycles. The molecule has 1 saturated carbocycles. The Hall–Kier alpha value is -4.41. The molecule has 1 fully saturated rings. The normalized spacial score (nSPS) is 20.1. The highest BCUT2D eigenvalue weighted by Gasteiger charge is 2.46. The van der Waals surface area contributed by atoms with Gasteiger partial charge in [-0.25, -0.2) is 14.4 Å². The number of aromatic hydroxyl groups is 1. The second-order valence-electron chi connectivity index (χ2n) is 10.2. The molecule has 3 aromatic heterocycles. The Bertz CT molecular complexity index is 1590. The fourth-order valence-corrected chi connectivity index (χ4v) is 5.57. The first-order chi connectivity index (χ1) is 18.3. The molecule has 194 valence electrons. The van der Waals surface area contributed by atoms with Crippen LogP contribution in [0, 0.1) is 18.7 Å². The zero-order valence-electron chi connectivity index (χ0n) is 20.7. The Morgan fingerprint density at radius 1 is 1.29 bits per heavy atom. The van der Waals surface area contributed by atoms with Crippen LogP contribution >= 0.6 is 0 Å². The molecular weight excluding hydrogens is 489 g/mol. The summed E-state index contributed by atoms with van der Waals surface area (Å²) in [5.41, 5.74) is 0.890. The number of hydrogen-bond acceptors (Lipinski definition) is 7. The van der Waals surface area contributed by atoms with Crippen LogP contribution in [-0.2, 0) is 18.5 Å². The number of amides is 1. The van der Waals surface area contributed by atoms with Crippen LogP contribution in [0.2, 0.25) is 0 Å². The molecule has 4 aromatic rings. The predicted molar refractivity (Wildman–Crippen MR) is 135 cm³/mol. The van der Waals surface area contributed by atoms with E-state index in [-0.39, 0.29) is 28.9 Å². The van der Waals surface area contributed by atoms with E-state index in [0.29, 0.717) is 42.9 Å². The number of imidazole rings is 1. The number of H-pyrrole nitrogens is 1. The summed E-state index contributed by atoms with van der Waals surface area (Å²) in [5, 5.41) is 21.7. The van der Waals surface area contributed by atoms with Crippen LogP contribution in [0.15, 0.2) is 47.5 Å². The lowest BCUT2D eigenvalue weighted by atomic mass is 9.77. The van der Waals surface area contributed by atoms with E-state index in [1.54, 1.807) is 37.4 Å². The molecule has 1 aromatic carbocycles. The Kier molecular flexibility index (Phi) is 5.77. The quantitative estimate of drug-likeness (QED) is 0.371. The molecule has 3 aliphatic rings. The summed E-state index contributed by atoms with van der Waals surface area (Å²) in [7, 11) is 0. The minimum Gasteiger partial charge on any atom is -0.501 e. The Labute approximate surface area is 217 Å². The summed E-state index contributed by atoms with van der Waals surface area (Å²) in [6.45, 7) is 2.12. The van der Waals surface area contributed by atoms with Crippen molar-refractivity contribution in [2.24, 2.45) is 5.92 Å². The van der Waals surface area contributed by atoms with Gasteiger partial charge in [-0.05, 0) is 67.9 Å². The molecular formula is C27H26FN7O3. The highest BCUT2D eigenvalue weighted by Crippen LogP contribution is 2.43. The van der Waals surface area contributed by atoms with Gasteiger partial charge in [0, 0.05) is 31.1 Å². The van der Waals surface area contributed by atoms with Crippen LogP contribution in [0.5, 0.6) is 5.75 Å². The molecule has 0 radical (unpaired) electrons. The van der Waals surface area contributed by atoms with Crippen molar-refractivity contribution in [1.29, 1.82) is 0 Å². The number of hydrogen-bond donors (Lipinski definition) is 3. The topological polar surface area (TPSA) is 139 Å². The minimum atomic E-state index is -0.899. The van der Waals surface area contributed by atoms with Crippen LogP contribution in [0.3, 0.4) is 0 Å². The minimum absolute atomic E-state index is 0.0289. The van der Waals surface area contributed by atoms with Crippen LogP contribution in [0.1, 0.15) is 58.8 Å². The van der Waals surface area contributed by atoms with Crippen molar-refractivity contribution in [3.8, 4) is 17.3 Å². The number of aromatic nitrogens is 6. The lowest BCUT2D eigenvalue weighted by Crippen LogP contribution is -2.49. The first kappa shape index (κ1) is 24.0.